The second-order valence-corrected chi connectivity index (χ2v) is 0. The molecule has 1 radical (unpaired) electrons. The van der Waals surface area contributed by atoms with E-state index in [0.717, 1.165) is 0 Å². The van der Waals surface area contributed by atoms with E-state index in [4.69, 9.17) is 19.2 Å². The standard InChI is InChI=1S/4CHO.3CH3.Co/c4*1-2;;;;/h4*1H;3*1H3;/q7*-1;. The van der Waals surface area contributed by atoms with Gasteiger partial charge in [0.25, 0.3) is 0 Å². The second kappa shape index (κ2) is 1300. The van der Waals surface area contributed by atoms with Gasteiger partial charge in [0.15, 0.2) is 0 Å². The minimum Gasteiger partial charge on any atom is -0.545 e. The SMILES string of the molecule is [CH-]=O.[CH-]=O.[CH-]=O.[CH-]=O.[CH3-].[CH3-].[CH3-].[Co]. The zero-order chi connectivity index (χ0) is 8.00. The van der Waals surface area contributed by atoms with Gasteiger partial charge in [-0.2, -0.15) is 0 Å². The largest absolute Gasteiger partial charge is 0.545 e. The van der Waals surface area contributed by atoms with E-state index in [1.54, 1.807) is 0 Å². The Morgan fingerprint density at radius 2 is 0.417 bits per heavy atom. The fraction of sp³-hybridized carbons (Fsp3) is 0. The molecule has 0 atom stereocenters. The molecule has 0 unspecified atom stereocenters. The van der Waals surface area contributed by atoms with Crippen molar-refractivity contribution in [3.8, 4) is 0 Å². The van der Waals surface area contributed by atoms with E-state index in [2.05, 4.69) is 27.2 Å². The molecule has 0 saturated carbocycles. The molecule has 0 N–H and O–H groups in total. The van der Waals surface area contributed by atoms with Crippen molar-refractivity contribution in [3.05, 3.63) is 22.3 Å². The molecule has 0 heterocycles. The first-order valence-electron chi connectivity index (χ1n) is 0.943. The maximum atomic E-state index is 7.75. The third-order valence-corrected chi connectivity index (χ3v) is 0. The van der Waals surface area contributed by atoms with Crippen molar-refractivity contribution >= 4 is 27.2 Å². The summed E-state index contributed by atoms with van der Waals surface area (Å²) in [5, 5.41) is 0. The molecular weight excluding hydrogens is 207 g/mol. The van der Waals surface area contributed by atoms with Gasteiger partial charge in [-0.05, 0) is 0 Å². The Morgan fingerprint density at radius 1 is 0.417 bits per heavy atom. The molecule has 0 rings (SSSR count). The van der Waals surface area contributed by atoms with Gasteiger partial charge in [-0.25, -0.2) is 0 Å². The molecule has 0 amide bonds. The van der Waals surface area contributed by atoms with E-state index < -0.39 is 0 Å². The topological polar surface area (TPSA) is 68.3 Å². The van der Waals surface area contributed by atoms with Crippen LogP contribution in [0.4, 0.5) is 0 Å². The van der Waals surface area contributed by atoms with Crippen molar-refractivity contribution in [1.82, 2.24) is 0 Å². The average molecular weight is 220 g/mol. The summed E-state index contributed by atoms with van der Waals surface area (Å²) in [6, 6.07) is 0. The maximum absolute atomic E-state index is 7.75. The van der Waals surface area contributed by atoms with Gasteiger partial charge in [0, 0.05) is 16.8 Å². The van der Waals surface area contributed by atoms with Crippen LogP contribution in [0.25, 0.3) is 0 Å². The van der Waals surface area contributed by atoms with Crippen molar-refractivity contribution in [1.29, 1.82) is 0 Å². The van der Waals surface area contributed by atoms with Crippen LogP contribution in [0.1, 0.15) is 0 Å². The summed E-state index contributed by atoms with van der Waals surface area (Å²) in [5.74, 6) is 0. The van der Waals surface area contributed by atoms with E-state index in [1.165, 1.54) is 0 Å². The first-order chi connectivity index (χ1) is 4.00. The molecule has 0 aromatic carbocycles. The van der Waals surface area contributed by atoms with Gasteiger partial charge in [-0.15, -0.1) is 0 Å². The number of carbonyl (C=O) groups excluding carboxylic acids is 4. The maximum Gasteiger partial charge on any atom is 0 e. The Bertz CT molecular complexity index is 23.4. The Hall–Kier alpha value is -0.814. The Kier molecular flexibility index (Phi) is 12400. The van der Waals surface area contributed by atoms with Crippen molar-refractivity contribution in [2.75, 3.05) is 0 Å². The molecule has 0 aromatic heterocycles. The summed E-state index contributed by atoms with van der Waals surface area (Å²) < 4.78 is 0. The molecule has 5 heteroatoms. The smallest absolute Gasteiger partial charge is 0 e. The minimum absolute atomic E-state index is 0. The Labute approximate surface area is 85.9 Å². The summed E-state index contributed by atoms with van der Waals surface area (Å²) in [6.07, 6.45) is 0. The first kappa shape index (κ1) is 114. The summed E-state index contributed by atoms with van der Waals surface area (Å²) in [4.78, 5) is 31.0. The molecule has 0 aromatic rings. The van der Waals surface area contributed by atoms with Gasteiger partial charge in [-0.1, -0.05) is 0 Å². The molecular formula is C7H13CoO4-7. The summed E-state index contributed by atoms with van der Waals surface area (Å²) >= 11 is 0. The predicted molar refractivity (Wildman–Crippen MR) is 46.2 cm³/mol. The van der Waals surface area contributed by atoms with Gasteiger partial charge in [0.2, 0.25) is 0 Å². The van der Waals surface area contributed by atoms with Crippen LogP contribution in [0.15, 0.2) is 0 Å². The monoisotopic (exact) mass is 220 g/mol. The third kappa shape index (κ3) is 930. The zero-order valence-corrected chi connectivity index (χ0v) is 8.32. The fourth-order valence-corrected chi connectivity index (χ4v) is 0. The van der Waals surface area contributed by atoms with Gasteiger partial charge in [-0.3, -0.25) is 27.2 Å². The van der Waals surface area contributed by atoms with Crippen LogP contribution >= 0.6 is 0 Å². The molecule has 0 bridgehead atoms. The Balaban J connectivity index is -0.00000000267. The van der Waals surface area contributed by atoms with E-state index in [1.807, 2.05) is 0 Å². The van der Waals surface area contributed by atoms with E-state index in [0.29, 0.717) is 0 Å². The number of hydrogen-bond donors (Lipinski definition) is 0. The summed E-state index contributed by atoms with van der Waals surface area (Å²) in [7, 11) is 0. The van der Waals surface area contributed by atoms with Gasteiger partial charge >= 0.3 is 0 Å². The fourth-order valence-electron chi connectivity index (χ4n) is 0. The van der Waals surface area contributed by atoms with E-state index >= 15 is 0 Å². The van der Waals surface area contributed by atoms with Crippen LogP contribution in [0.2, 0.25) is 0 Å². The first-order valence-corrected chi connectivity index (χ1v) is 0.943. The van der Waals surface area contributed by atoms with Crippen LogP contribution in [0.3, 0.4) is 0 Å². The summed E-state index contributed by atoms with van der Waals surface area (Å²) in [6.45, 7) is 13.0. The predicted octanol–water partition coefficient (Wildman–Crippen LogP) is 0.252. The van der Waals surface area contributed by atoms with E-state index in [9.17, 15) is 0 Å². The molecule has 0 aliphatic heterocycles. The third-order valence-electron chi connectivity index (χ3n) is 0. The van der Waals surface area contributed by atoms with Crippen molar-refractivity contribution in [2.45, 2.75) is 0 Å². The van der Waals surface area contributed by atoms with Crippen molar-refractivity contribution < 1.29 is 36.0 Å². The van der Waals surface area contributed by atoms with Crippen LogP contribution in [0, 0.1) is 22.3 Å². The minimum atomic E-state index is 0. The Morgan fingerprint density at radius 3 is 0.417 bits per heavy atom. The molecule has 0 spiro atoms. The number of rotatable bonds is 0. The molecule has 0 saturated heterocycles. The average Bonchev–Trinajstić information content (AvgIpc) is 2.03. The van der Waals surface area contributed by atoms with E-state index in [-0.39, 0.29) is 39.1 Å². The molecule has 12 heavy (non-hydrogen) atoms. The van der Waals surface area contributed by atoms with Gasteiger partial charge < -0.3 is 41.5 Å². The van der Waals surface area contributed by atoms with Gasteiger partial charge in [0.05, 0.1) is 0 Å². The molecule has 0 aliphatic rings. The van der Waals surface area contributed by atoms with Crippen LogP contribution in [-0.2, 0) is 36.0 Å². The second-order valence-electron chi connectivity index (χ2n) is 0. The summed E-state index contributed by atoms with van der Waals surface area (Å²) in [5.41, 5.74) is 0. The molecule has 0 aliphatic carbocycles. The van der Waals surface area contributed by atoms with Crippen molar-refractivity contribution in [3.63, 3.8) is 0 Å². The molecule has 81 valence electrons. The van der Waals surface area contributed by atoms with Crippen LogP contribution < -0.4 is 0 Å². The number of hydrogen-bond acceptors (Lipinski definition) is 4. The van der Waals surface area contributed by atoms with Crippen LogP contribution in [0.5, 0.6) is 0 Å². The van der Waals surface area contributed by atoms with Gasteiger partial charge in [0.1, 0.15) is 0 Å². The normalized spacial score (nSPS) is 1.33. The zero-order valence-electron chi connectivity index (χ0n) is 7.28. The molecule has 4 nitrogen and oxygen atoms in total. The van der Waals surface area contributed by atoms with Crippen LogP contribution in [-0.4, -0.2) is 27.2 Å². The molecule has 0 fully saturated rings. The quantitative estimate of drug-likeness (QED) is 0.433. The van der Waals surface area contributed by atoms with Crippen molar-refractivity contribution in [2.24, 2.45) is 0 Å².